The lowest BCUT2D eigenvalue weighted by atomic mass is 10.0. The van der Waals surface area contributed by atoms with Gasteiger partial charge in [-0.2, -0.15) is 9.89 Å². The highest BCUT2D eigenvalue weighted by Gasteiger charge is 2.44. The van der Waals surface area contributed by atoms with Crippen LogP contribution in [0.4, 0.5) is 5.69 Å². The van der Waals surface area contributed by atoms with Crippen molar-refractivity contribution in [1.29, 1.82) is 0 Å². The topological polar surface area (TPSA) is 139 Å². The molecule has 3 aliphatic rings. The normalized spacial score (nSPS) is 19.2. The van der Waals surface area contributed by atoms with Gasteiger partial charge >= 0.3 is 0 Å². The SMILES string of the molecule is O=C1CCC(N2C(=O)c3ccc(Nn4cc(-c5cnc6ccc(C7CC7)cc6n5)cn4)cc3C2=O)C(=O)N1. The van der Waals surface area contributed by atoms with Crippen molar-refractivity contribution in [2.75, 3.05) is 5.43 Å². The van der Waals surface area contributed by atoms with Crippen LogP contribution in [0.1, 0.15) is 57.9 Å². The van der Waals surface area contributed by atoms with Crippen molar-refractivity contribution in [2.24, 2.45) is 0 Å². The zero-order valence-corrected chi connectivity index (χ0v) is 20.0. The molecule has 4 amide bonds. The average Bonchev–Trinajstić information content (AvgIpc) is 3.62. The summed E-state index contributed by atoms with van der Waals surface area (Å²) < 4.78 is 0. The number of hydrogen-bond donors (Lipinski definition) is 2. The summed E-state index contributed by atoms with van der Waals surface area (Å²) in [6, 6.07) is 9.98. The molecular weight excluding hydrogens is 486 g/mol. The Kier molecular flexibility index (Phi) is 4.87. The third-order valence-electron chi connectivity index (χ3n) is 7.18. The van der Waals surface area contributed by atoms with E-state index < -0.39 is 29.7 Å². The molecule has 4 heterocycles. The summed E-state index contributed by atoms with van der Waals surface area (Å²) >= 11 is 0. The van der Waals surface area contributed by atoms with Crippen LogP contribution in [0.3, 0.4) is 0 Å². The monoisotopic (exact) mass is 507 g/mol. The maximum Gasteiger partial charge on any atom is 0.262 e. The van der Waals surface area contributed by atoms with Crippen LogP contribution < -0.4 is 10.7 Å². The Morgan fingerprint density at radius 3 is 2.55 bits per heavy atom. The minimum atomic E-state index is -1.01. The van der Waals surface area contributed by atoms with E-state index in [0.717, 1.165) is 21.5 Å². The van der Waals surface area contributed by atoms with E-state index in [1.807, 2.05) is 6.07 Å². The molecule has 1 atom stereocenters. The molecule has 1 unspecified atom stereocenters. The molecule has 1 saturated carbocycles. The van der Waals surface area contributed by atoms with Gasteiger partial charge < -0.3 is 0 Å². The van der Waals surface area contributed by atoms with Gasteiger partial charge in [0.1, 0.15) is 6.04 Å². The Morgan fingerprint density at radius 2 is 1.74 bits per heavy atom. The standard InChI is InChI=1S/C27H21N7O4/c35-24-8-7-23(25(36)31-24)34-26(37)18-5-4-17(10-19(18)27(34)38)32-33-13-16(11-29-33)22-12-28-20-6-3-15(14-1-2-14)9-21(20)30-22/h3-6,9-14,23,32H,1-2,7-8H2,(H,31,35,36). The van der Waals surface area contributed by atoms with E-state index in [2.05, 4.69) is 33.0 Å². The van der Waals surface area contributed by atoms with Gasteiger partial charge in [0.15, 0.2) is 0 Å². The highest BCUT2D eigenvalue weighted by molar-refractivity contribution is 6.23. The van der Waals surface area contributed by atoms with Gasteiger partial charge in [0, 0.05) is 12.0 Å². The van der Waals surface area contributed by atoms with Crippen molar-refractivity contribution in [3.05, 3.63) is 71.7 Å². The van der Waals surface area contributed by atoms with Gasteiger partial charge in [-0.15, -0.1) is 0 Å². The molecule has 1 aliphatic carbocycles. The molecule has 2 N–H and O–H groups in total. The number of hydrogen-bond acceptors (Lipinski definition) is 8. The van der Waals surface area contributed by atoms with Crippen molar-refractivity contribution in [2.45, 2.75) is 37.6 Å². The summed E-state index contributed by atoms with van der Waals surface area (Å²) in [6.07, 6.45) is 7.75. The van der Waals surface area contributed by atoms with Crippen LogP contribution in [0.2, 0.25) is 0 Å². The predicted octanol–water partition coefficient (Wildman–Crippen LogP) is 2.65. The first-order chi connectivity index (χ1) is 18.4. The zero-order chi connectivity index (χ0) is 26.0. The molecule has 4 aromatic rings. The van der Waals surface area contributed by atoms with Crippen molar-refractivity contribution >= 4 is 40.3 Å². The lowest BCUT2D eigenvalue weighted by Crippen LogP contribution is -2.54. The highest BCUT2D eigenvalue weighted by atomic mass is 16.2. The maximum absolute atomic E-state index is 13.1. The Labute approximate surface area is 215 Å². The van der Waals surface area contributed by atoms with E-state index in [1.54, 1.807) is 36.8 Å². The second kappa shape index (κ2) is 8.30. The van der Waals surface area contributed by atoms with E-state index >= 15 is 0 Å². The van der Waals surface area contributed by atoms with Crippen molar-refractivity contribution in [3.63, 3.8) is 0 Å². The molecule has 188 valence electrons. The van der Waals surface area contributed by atoms with Gasteiger partial charge in [0.2, 0.25) is 11.8 Å². The van der Waals surface area contributed by atoms with Gasteiger partial charge in [-0.05, 0) is 61.1 Å². The van der Waals surface area contributed by atoms with Gasteiger partial charge in [0.05, 0.1) is 52.1 Å². The number of carbonyl (C=O) groups excluding carboxylic acids is 4. The van der Waals surface area contributed by atoms with E-state index in [-0.39, 0.29) is 24.0 Å². The Morgan fingerprint density at radius 1 is 0.895 bits per heavy atom. The summed E-state index contributed by atoms with van der Waals surface area (Å²) in [5, 5.41) is 6.54. The molecule has 2 aromatic carbocycles. The maximum atomic E-state index is 13.1. The van der Waals surface area contributed by atoms with E-state index in [9.17, 15) is 19.2 Å². The number of aromatic nitrogens is 4. The van der Waals surface area contributed by atoms with Crippen LogP contribution in [0, 0.1) is 0 Å². The fourth-order valence-corrected chi connectivity index (χ4v) is 5.03. The van der Waals surface area contributed by atoms with Crippen molar-refractivity contribution in [1.82, 2.24) is 30.1 Å². The number of amides is 4. The summed E-state index contributed by atoms with van der Waals surface area (Å²) in [5.74, 6) is -1.54. The molecule has 38 heavy (non-hydrogen) atoms. The van der Waals surface area contributed by atoms with Gasteiger partial charge in [0.25, 0.3) is 11.8 Å². The van der Waals surface area contributed by atoms with Crippen LogP contribution in [0.15, 0.2) is 55.0 Å². The molecule has 2 fully saturated rings. The molecule has 2 aromatic heterocycles. The lowest BCUT2D eigenvalue weighted by Gasteiger charge is -2.27. The smallest absolute Gasteiger partial charge is 0.262 e. The number of piperidine rings is 1. The fraction of sp³-hybridized carbons (Fsp3) is 0.222. The number of fused-ring (bicyclic) bond motifs is 2. The van der Waals surface area contributed by atoms with Crippen LogP contribution in [-0.4, -0.2) is 54.4 Å². The van der Waals surface area contributed by atoms with Crippen LogP contribution in [0.5, 0.6) is 0 Å². The molecule has 7 rings (SSSR count). The van der Waals surface area contributed by atoms with E-state index in [0.29, 0.717) is 17.3 Å². The molecular formula is C27H21N7O4. The third kappa shape index (κ3) is 3.71. The average molecular weight is 508 g/mol. The second-order valence-corrected chi connectivity index (χ2v) is 9.77. The van der Waals surface area contributed by atoms with Crippen LogP contribution in [-0.2, 0) is 9.59 Å². The largest absolute Gasteiger partial charge is 0.295 e. The minimum absolute atomic E-state index is 0.0709. The zero-order valence-electron chi connectivity index (χ0n) is 20.0. The molecule has 1 saturated heterocycles. The van der Waals surface area contributed by atoms with E-state index in [4.69, 9.17) is 4.98 Å². The Balaban J connectivity index is 1.12. The third-order valence-corrected chi connectivity index (χ3v) is 7.18. The number of carbonyl (C=O) groups is 4. The molecule has 2 aliphatic heterocycles. The molecule has 11 nitrogen and oxygen atoms in total. The number of nitrogens with zero attached hydrogens (tertiary/aromatic N) is 5. The fourth-order valence-electron chi connectivity index (χ4n) is 5.03. The van der Waals surface area contributed by atoms with Gasteiger partial charge in [-0.3, -0.25) is 39.8 Å². The number of imide groups is 2. The van der Waals surface area contributed by atoms with Gasteiger partial charge in [-0.25, -0.2) is 4.98 Å². The Bertz CT molecular complexity index is 1690. The first-order valence-corrected chi connectivity index (χ1v) is 12.4. The predicted molar refractivity (Wildman–Crippen MR) is 135 cm³/mol. The molecule has 11 heteroatoms. The van der Waals surface area contributed by atoms with Gasteiger partial charge in [-0.1, -0.05) is 6.07 Å². The first-order valence-electron chi connectivity index (χ1n) is 12.4. The van der Waals surface area contributed by atoms with Crippen molar-refractivity contribution in [3.8, 4) is 11.3 Å². The quantitative estimate of drug-likeness (QED) is 0.393. The number of nitrogens with one attached hydrogen (secondary N) is 2. The number of benzene rings is 2. The van der Waals surface area contributed by atoms with Crippen LogP contribution in [0.25, 0.3) is 22.3 Å². The summed E-state index contributed by atoms with van der Waals surface area (Å²) in [7, 11) is 0. The molecule has 0 bridgehead atoms. The molecule has 0 spiro atoms. The summed E-state index contributed by atoms with van der Waals surface area (Å²) in [6.45, 7) is 0. The summed E-state index contributed by atoms with van der Waals surface area (Å²) in [5.41, 5.74) is 8.44. The Hall–Kier alpha value is -4.93. The van der Waals surface area contributed by atoms with E-state index in [1.165, 1.54) is 23.2 Å². The lowest BCUT2D eigenvalue weighted by molar-refractivity contribution is -0.136. The number of rotatable bonds is 5. The minimum Gasteiger partial charge on any atom is -0.295 e. The molecule has 0 radical (unpaired) electrons. The summed E-state index contributed by atoms with van der Waals surface area (Å²) in [4.78, 5) is 61.5. The highest BCUT2D eigenvalue weighted by Crippen LogP contribution is 2.40. The number of anilines is 1. The second-order valence-electron chi connectivity index (χ2n) is 9.77. The van der Waals surface area contributed by atoms with Crippen molar-refractivity contribution < 1.29 is 19.2 Å². The van der Waals surface area contributed by atoms with Crippen LogP contribution >= 0.6 is 0 Å². The first kappa shape index (κ1) is 22.3.